The molecule has 0 aliphatic heterocycles. The maximum Gasteiger partial charge on any atom is 0.251 e. The molecule has 0 radical (unpaired) electrons. The van der Waals surface area contributed by atoms with E-state index in [2.05, 4.69) is 5.32 Å². The number of benzene rings is 3. The van der Waals surface area contributed by atoms with E-state index in [0.29, 0.717) is 18.7 Å². The third kappa shape index (κ3) is 3.66. The fraction of sp³-hybridized carbons (Fsp3) is 0.105. The van der Waals surface area contributed by atoms with Crippen molar-refractivity contribution >= 4 is 16.7 Å². The van der Waals surface area contributed by atoms with Gasteiger partial charge in [-0.25, -0.2) is 4.39 Å². The van der Waals surface area contributed by atoms with E-state index >= 15 is 0 Å². The van der Waals surface area contributed by atoms with E-state index in [1.807, 2.05) is 42.5 Å². The van der Waals surface area contributed by atoms with E-state index in [9.17, 15) is 9.18 Å². The number of fused-ring (bicyclic) bond motifs is 1. The average Bonchev–Trinajstić information content (AvgIpc) is 2.59. The molecule has 0 bridgehead atoms. The first-order chi connectivity index (χ1) is 11.2. The Kier molecular flexibility index (Phi) is 4.52. The number of rotatable bonds is 5. The third-order valence-electron chi connectivity index (χ3n) is 3.50. The topological polar surface area (TPSA) is 38.3 Å². The van der Waals surface area contributed by atoms with Gasteiger partial charge in [0.2, 0.25) is 0 Å². The maximum absolute atomic E-state index is 12.8. The maximum atomic E-state index is 12.8. The van der Waals surface area contributed by atoms with Crippen molar-refractivity contribution in [3.8, 4) is 5.75 Å². The lowest BCUT2D eigenvalue weighted by Gasteiger charge is -2.10. The second-order valence-corrected chi connectivity index (χ2v) is 5.09. The monoisotopic (exact) mass is 309 g/mol. The van der Waals surface area contributed by atoms with Gasteiger partial charge in [0.1, 0.15) is 18.2 Å². The van der Waals surface area contributed by atoms with Crippen LogP contribution in [0.1, 0.15) is 10.4 Å². The Morgan fingerprint density at radius 2 is 1.70 bits per heavy atom. The van der Waals surface area contributed by atoms with E-state index in [1.54, 1.807) is 0 Å². The van der Waals surface area contributed by atoms with Crippen molar-refractivity contribution in [2.24, 2.45) is 0 Å². The van der Waals surface area contributed by atoms with Crippen molar-refractivity contribution in [1.29, 1.82) is 0 Å². The van der Waals surface area contributed by atoms with E-state index in [1.165, 1.54) is 24.3 Å². The summed E-state index contributed by atoms with van der Waals surface area (Å²) in [6.45, 7) is 0.736. The minimum absolute atomic E-state index is 0.244. The van der Waals surface area contributed by atoms with Crippen LogP contribution in [0.25, 0.3) is 10.8 Å². The summed E-state index contributed by atoms with van der Waals surface area (Å²) in [5, 5.41) is 4.90. The number of carbonyl (C=O) groups excluding carboxylic acids is 1. The first-order valence-electron chi connectivity index (χ1n) is 7.38. The van der Waals surface area contributed by atoms with Gasteiger partial charge in [-0.15, -0.1) is 0 Å². The van der Waals surface area contributed by atoms with Gasteiger partial charge in [0, 0.05) is 10.9 Å². The van der Waals surface area contributed by atoms with Crippen molar-refractivity contribution in [2.45, 2.75) is 0 Å². The Hall–Kier alpha value is -2.88. The predicted molar refractivity (Wildman–Crippen MR) is 88.2 cm³/mol. The van der Waals surface area contributed by atoms with E-state index in [4.69, 9.17) is 4.74 Å². The summed E-state index contributed by atoms with van der Waals surface area (Å²) in [5.74, 6) is 0.187. The van der Waals surface area contributed by atoms with Crippen LogP contribution in [0.3, 0.4) is 0 Å². The van der Waals surface area contributed by atoms with Crippen molar-refractivity contribution in [2.75, 3.05) is 13.2 Å². The zero-order chi connectivity index (χ0) is 16.1. The highest BCUT2D eigenvalue weighted by molar-refractivity contribution is 5.94. The molecule has 0 aromatic heterocycles. The Bertz CT molecular complexity index is 810. The number of amides is 1. The molecule has 3 rings (SSSR count). The van der Waals surface area contributed by atoms with Gasteiger partial charge in [0.05, 0.1) is 6.54 Å². The highest BCUT2D eigenvalue weighted by atomic mass is 19.1. The molecule has 3 aromatic rings. The molecule has 0 spiro atoms. The molecular formula is C19H16FNO2. The second-order valence-electron chi connectivity index (χ2n) is 5.09. The third-order valence-corrected chi connectivity index (χ3v) is 3.50. The van der Waals surface area contributed by atoms with Crippen LogP contribution in [-0.2, 0) is 0 Å². The van der Waals surface area contributed by atoms with Crippen molar-refractivity contribution in [3.05, 3.63) is 78.1 Å². The SMILES string of the molecule is O=C(NCCOc1cccc2ccccc12)c1ccc(F)cc1. The first kappa shape index (κ1) is 15.0. The number of hydrogen-bond acceptors (Lipinski definition) is 2. The molecule has 0 aliphatic rings. The molecule has 1 N–H and O–H groups in total. The molecule has 116 valence electrons. The van der Waals surface area contributed by atoms with Gasteiger partial charge in [0.15, 0.2) is 0 Å². The van der Waals surface area contributed by atoms with E-state index in [-0.39, 0.29) is 11.7 Å². The summed E-state index contributed by atoms with van der Waals surface area (Å²) in [6, 6.07) is 19.3. The molecule has 0 saturated heterocycles. The van der Waals surface area contributed by atoms with Crippen LogP contribution in [0.4, 0.5) is 4.39 Å². The fourth-order valence-electron chi connectivity index (χ4n) is 2.35. The Balaban J connectivity index is 1.55. The van der Waals surface area contributed by atoms with Crippen molar-refractivity contribution < 1.29 is 13.9 Å². The summed E-state index contributed by atoms with van der Waals surface area (Å²) in [4.78, 5) is 11.9. The molecule has 1 amide bonds. The summed E-state index contributed by atoms with van der Waals surface area (Å²) >= 11 is 0. The predicted octanol–water partition coefficient (Wildman–Crippen LogP) is 3.79. The molecule has 23 heavy (non-hydrogen) atoms. The normalized spacial score (nSPS) is 10.5. The fourth-order valence-corrected chi connectivity index (χ4v) is 2.35. The Morgan fingerprint density at radius 3 is 2.52 bits per heavy atom. The largest absolute Gasteiger partial charge is 0.491 e. The van der Waals surface area contributed by atoms with Gasteiger partial charge >= 0.3 is 0 Å². The second kappa shape index (κ2) is 6.92. The lowest BCUT2D eigenvalue weighted by Crippen LogP contribution is -2.28. The Morgan fingerprint density at radius 1 is 0.957 bits per heavy atom. The van der Waals surface area contributed by atoms with Gasteiger partial charge in [-0.3, -0.25) is 4.79 Å². The van der Waals surface area contributed by atoms with E-state index in [0.717, 1.165) is 16.5 Å². The highest BCUT2D eigenvalue weighted by Crippen LogP contribution is 2.24. The molecule has 0 heterocycles. The zero-order valence-electron chi connectivity index (χ0n) is 12.5. The van der Waals surface area contributed by atoms with Gasteiger partial charge in [-0.05, 0) is 35.7 Å². The summed E-state index contributed by atoms with van der Waals surface area (Å²) in [5.41, 5.74) is 0.427. The molecular weight excluding hydrogens is 293 g/mol. The lowest BCUT2D eigenvalue weighted by atomic mass is 10.1. The number of halogens is 1. The van der Waals surface area contributed by atoms with Crippen LogP contribution in [0.15, 0.2) is 66.7 Å². The van der Waals surface area contributed by atoms with Crippen LogP contribution >= 0.6 is 0 Å². The molecule has 0 aliphatic carbocycles. The molecule has 3 aromatic carbocycles. The van der Waals surface area contributed by atoms with Crippen molar-refractivity contribution in [3.63, 3.8) is 0 Å². The first-order valence-corrected chi connectivity index (χ1v) is 7.38. The summed E-state index contributed by atoms with van der Waals surface area (Å²) in [7, 11) is 0. The average molecular weight is 309 g/mol. The van der Waals surface area contributed by atoms with Crippen LogP contribution < -0.4 is 10.1 Å². The molecule has 0 fully saturated rings. The minimum Gasteiger partial charge on any atom is -0.491 e. The van der Waals surface area contributed by atoms with Gasteiger partial charge in [-0.1, -0.05) is 36.4 Å². The number of nitrogens with one attached hydrogen (secondary N) is 1. The summed E-state index contributed by atoms with van der Waals surface area (Å²) < 4.78 is 18.6. The van der Waals surface area contributed by atoms with Crippen molar-refractivity contribution in [1.82, 2.24) is 5.32 Å². The summed E-state index contributed by atoms with van der Waals surface area (Å²) in [6.07, 6.45) is 0. The quantitative estimate of drug-likeness (QED) is 0.728. The molecule has 3 nitrogen and oxygen atoms in total. The van der Waals surface area contributed by atoms with Crippen LogP contribution in [-0.4, -0.2) is 19.1 Å². The molecule has 0 saturated carbocycles. The van der Waals surface area contributed by atoms with Crippen LogP contribution in [0, 0.1) is 5.82 Å². The lowest BCUT2D eigenvalue weighted by molar-refractivity contribution is 0.0947. The van der Waals surface area contributed by atoms with Crippen LogP contribution in [0.2, 0.25) is 0 Å². The number of carbonyl (C=O) groups is 1. The smallest absolute Gasteiger partial charge is 0.251 e. The van der Waals surface area contributed by atoms with Gasteiger partial charge < -0.3 is 10.1 Å². The number of ether oxygens (including phenoxy) is 1. The molecule has 0 unspecified atom stereocenters. The number of hydrogen-bond donors (Lipinski definition) is 1. The zero-order valence-corrected chi connectivity index (χ0v) is 12.5. The van der Waals surface area contributed by atoms with E-state index < -0.39 is 0 Å². The highest BCUT2D eigenvalue weighted by Gasteiger charge is 2.05. The van der Waals surface area contributed by atoms with Gasteiger partial charge in [0.25, 0.3) is 5.91 Å². The minimum atomic E-state index is -0.360. The molecule has 0 atom stereocenters. The van der Waals surface area contributed by atoms with Gasteiger partial charge in [-0.2, -0.15) is 0 Å². The molecule has 4 heteroatoms. The Labute approximate surface area is 133 Å². The van der Waals surface area contributed by atoms with Crippen LogP contribution in [0.5, 0.6) is 5.75 Å². The standard InChI is InChI=1S/C19H16FNO2/c20-16-10-8-15(9-11-16)19(22)21-12-13-23-18-7-3-5-14-4-1-2-6-17(14)18/h1-11H,12-13H2,(H,21,22).